The summed E-state index contributed by atoms with van der Waals surface area (Å²) in [5.74, 6) is 0.800. The molecule has 32 heavy (non-hydrogen) atoms. The molecular formula is C22H20IN9. The summed E-state index contributed by atoms with van der Waals surface area (Å²) in [6, 6.07) is 12.0. The van der Waals surface area contributed by atoms with Crippen molar-refractivity contribution in [3.8, 4) is 22.6 Å². The fourth-order valence-corrected chi connectivity index (χ4v) is 3.92. The molecular weight excluding hydrogens is 517 g/mol. The quantitative estimate of drug-likeness (QED) is 0.213. The summed E-state index contributed by atoms with van der Waals surface area (Å²) in [7, 11) is 0. The normalized spacial score (nSPS) is 11.2. The van der Waals surface area contributed by atoms with Crippen LogP contribution >= 0.6 is 22.9 Å². The summed E-state index contributed by atoms with van der Waals surface area (Å²) < 4.78 is 4.86. The van der Waals surface area contributed by atoms with E-state index in [0.29, 0.717) is 6.54 Å². The maximum atomic E-state index is 4.88. The van der Waals surface area contributed by atoms with Crippen LogP contribution < -0.4 is 8.85 Å². The predicted molar refractivity (Wildman–Crippen MR) is 131 cm³/mol. The lowest BCUT2D eigenvalue weighted by atomic mass is 10.1. The van der Waals surface area contributed by atoms with Gasteiger partial charge in [0.2, 0.25) is 0 Å². The summed E-state index contributed by atoms with van der Waals surface area (Å²) in [6.45, 7) is 3.25. The number of pyridine rings is 3. The van der Waals surface area contributed by atoms with Gasteiger partial charge in [0.15, 0.2) is 5.65 Å². The number of hydrogen-bond donors (Lipinski definition) is 3. The molecule has 0 spiro atoms. The number of imidazole rings is 1. The maximum Gasteiger partial charge on any atom is 0.155 e. The van der Waals surface area contributed by atoms with Gasteiger partial charge in [0, 0.05) is 59.3 Å². The number of fused-ring (bicyclic) bond motifs is 1. The highest BCUT2D eigenvalue weighted by Crippen LogP contribution is 2.29. The van der Waals surface area contributed by atoms with Gasteiger partial charge in [0.1, 0.15) is 17.8 Å². The summed E-state index contributed by atoms with van der Waals surface area (Å²) in [4.78, 5) is 21.6. The molecule has 0 radical (unpaired) electrons. The number of nitrogens with one attached hydrogen (secondary N) is 3. The summed E-state index contributed by atoms with van der Waals surface area (Å²) >= 11 is 2.13. The molecule has 0 bridgehead atoms. The number of hydrogen-bond acceptors (Lipinski definition) is 7. The number of nitrogens with zero attached hydrogens (tertiary/aromatic N) is 6. The highest BCUT2D eigenvalue weighted by atomic mass is 127. The van der Waals surface area contributed by atoms with Crippen LogP contribution in [0.15, 0.2) is 61.3 Å². The highest BCUT2D eigenvalue weighted by molar-refractivity contribution is 14.1. The zero-order chi connectivity index (χ0) is 21.9. The van der Waals surface area contributed by atoms with Gasteiger partial charge < -0.3 is 10.3 Å². The van der Waals surface area contributed by atoms with Crippen LogP contribution in [0.5, 0.6) is 0 Å². The van der Waals surface area contributed by atoms with Gasteiger partial charge in [-0.3, -0.25) is 13.5 Å². The number of aromatic amines is 1. The van der Waals surface area contributed by atoms with Gasteiger partial charge in [-0.2, -0.15) is 5.10 Å². The Kier molecular flexibility index (Phi) is 5.77. The molecule has 0 amide bonds. The van der Waals surface area contributed by atoms with Gasteiger partial charge in [-0.05, 0) is 42.8 Å². The zero-order valence-corrected chi connectivity index (χ0v) is 19.4. The molecule has 10 heteroatoms. The van der Waals surface area contributed by atoms with Crippen molar-refractivity contribution in [2.24, 2.45) is 0 Å². The Morgan fingerprint density at radius 1 is 1.09 bits per heavy atom. The zero-order valence-electron chi connectivity index (χ0n) is 17.2. The van der Waals surface area contributed by atoms with E-state index in [-0.39, 0.29) is 0 Å². The van der Waals surface area contributed by atoms with Crippen LogP contribution in [0.1, 0.15) is 17.1 Å². The van der Waals surface area contributed by atoms with Crippen molar-refractivity contribution in [2.75, 3.05) is 5.32 Å². The van der Waals surface area contributed by atoms with E-state index in [4.69, 9.17) is 9.97 Å². The van der Waals surface area contributed by atoms with E-state index in [1.807, 2.05) is 55.8 Å². The average Bonchev–Trinajstić information content (AvgIpc) is 3.45. The molecule has 3 N–H and O–H groups in total. The Bertz CT molecular complexity index is 1370. The van der Waals surface area contributed by atoms with Crippen molar-refractivity contribution in [3.63, 3.8) is 0 Å². The predicted octanol–water partition coefficient (Wildman–Crippen LogP) is 3.94. The number of halogens is 1. The number of H-pyrrole nitrogens is 1. The lowest BCUT2D eigenvalue weighted by Gasteiger charge is -2.06. The second-order valence-corrected chi connectivity index (χ2v) is 8.06. The largest absolute Gasteiger partial charge is 0.377 e. The van der Waals surface area contributed by atoms with Crippen LogP contribution in [-0.2, 0) is 13.1 Å². The molecule has 5 rings (SSSR count). The van der Waals surface area contributed by atoms with Crippen molar-refractivity contribution < 1.29 is 0 Å². The number of aryl methyl sites for hydroxylation is 1. The molecule has 5 aromatic rings. The molecule has 5 aromatic heterocycles. The van der Waals surface area contributed by atoms with E-state index in [0.717, 1.165) is 57.6 Å². The Labute approximate surface area is 198 Å². The van der Waals surface area contributed by atoms with Crippen LogP contribution in [0, 0.1) is 6.92 Å². The molecule has 0 unspecified atom stereocenters. The van der Waals surface area contributed by atoms with E-state index in [1.54, 1.807) is 10.8 Å². The molecule has 0 atom stereocenters. The molecule has 5 heterocycles. The first-order valence-corrected chi connectivity index (χ1v) is 11.1. The van der Waals surface area contributed by atoms with Crippen LogP contribution in [0.3, 0.4) is 0 Å². The molecule has 0 saturated carbocycles. The Balaban J connectivity index is 1.50. The molecule has 0 saturated heterocycles. The summed E-state index contributed by atoms with van der Waals surface area (Å²) in [5.41, 5.74) is 7.23. The fraction of sp³-hybridized carbons (Fsp3) is 0.136. The second kappa shape index (κ2) is 9.01. The summed E-state index contributed by atoms with van der Waals surface area (Å²) in [6.07, 6.45) is 7.14. The van der Waals surface area contributed by atoms with E-state index >= 15 is 0 Å². The van der Waals surface area contributed by atoms with Gasteiger partial charge in [0.25, 0.3) is 0 Å². The maximum absolute atomic E-state index is 4.88. The molecule has 0 aliphatic rings. The van der Waals surface area contributed by atoms with Crippen molar-refractivity contribution in [3.05, 3.63) is 78.4 Å². The minimum Gasteiger partial charge on any atom is -0.377 e. The van der Waals surface area contributed by atoms with Crippen LogP contribution in [-0.4, -0.2) is 34.5 Å². The molecule has 0 aliphatic heterocycles. The lowest BCUT2D eigenvalue weighted by molar-refractivity contribution is 0.960. The third kappa shape index (κ3) is 4.32. The Morgan fingerprint density at radius 2 is 2.03 bits per heavy atom. The minimum absolute atomic E-state index is 0.521. The highest BCUT2D eigenvalue weighted by Gasteiger charge is 2.16. The van der Waals surface area contributed by atoms with Crippen LogP contribution in [0.25, 0.3) is 28.3 Å². The fourth-order valence-electron chi connectivity index (χ4n) is 3.48. The van der Waals surface area contributed by atoms with E-state index in [1.165, 1.54) is 0 Å². The number of aromatic nitrogens is 7. The lowest BCUT2D eigenvalue weighted by Crippen LogP contribution is -2.04. The van der Waals surface area contributed by atoms with Crippen molar-refractivity contribution in [1.29, 1.82) is 0 Å². The smallest absolute Gasteiger partial charge is 0.155 e. The Morgan fingerprint density at radius 3 is 2.91 bits per heavy atom. The SMILES string of the molecule is Cc1cccc(-c2nc(CNc3cncc(CNI)c3)[nH]c2-c2ccc3ncnn3c2)n1. The monoisotopic (exact) mass is 537 g/mol. The third-order valence-corrected chi connectivity index (χ3v) is 5.35. The standard InChI is InChI=1S/C22H20IN9/c1-14-3-2-4-18(29-14)22-21(16-5-6-20-26-13-28-32(20)12-16)30-19(31-22)11-25-17-7-15(9-27-23)8-24-10-17/h2-8,10,12-13,25,27H,9,11H2,1H3,(H,30,31). The molecule has 160 valence electrons. The van der Waals surface area contributed by atoms with Crippen molar-refractivity contribution >= 4 is 34.2 Å². The number of anilines is 1. The molecule has 0 aliphatic carbocycles. The first-order chi connectivity index (χ1) is 15.7. The van der Waals surface area contributed by atoms with E-state index in [2.05, 4.69) is 57.8 Å². The summed E-state index contributed by atoms with van der Waals surface area (Å²) in [5, 5.41) is 7.66. The van der Waals surface area contributed by atoms with E-state index in [9.17, 15) is 0 Å². The van der Waals surface area contributed by atoms with Crippen LogP contribution in [0.2, 0.25) is 0 Å². The number of rotatable bonds is 7. The Hall–Kier alpha value is -3.38. The molecule has 9 nitrogen and oxygen atoms in total. The second-order valence-electron chi connectivity index (χ2n) is 7.30. The van der Waals surface area contributed by atoms with Gasteiger partial charge in [-0.25, -0.2) is 14.5 Å². The minimum atomic E-state index is 0.521. The molecule has 0 aromatic carbocycles. The first-order valence-electron chi connectivity index (χ1n) is 10.0. The van der Waals surface area contributed by atoms with Gasteiger partial charge in [-0.1, -0.05) is 6.07 Å². The van der Waals surface area contributed by atoms with Gasteiger partial charge in [0.05, 0.1) is 23.6 Å². The average molecular weight is 537 g/mol. The van der Waals surface area contributed by atoms with Crippen molar-refractivity contribution in [2.45, 2.75) is 20.0 Å². The first kappa shape index (κ1) is 20.5. The topological polar surface area (TPSA) is 109 Å². The van der Waals surface area contributed by atoms with Crippen molar-refractivity contribution in [1.82, 2.24) is 38.1 Å². The van der Waals surface area contributed by atoms with Crippen LogP contribution in [0.4, 0.5) is 5.69 Å². The van der Waals surface area contributed by atoms with Gasteiger partial charge in [-0.15, -0.1) is 0 Å². The van der Waals surface area contributed by atoms with Gasteiger partial charge >= 0.3 is 0 Å². The third-order valence-electron chi connectivity index (χ3n) is 4.97. The van der Waals surface area contributed by atoms with E-state index < -0.39 is 0 Å². The molecule has 0 fully saturated rings.